The van der Waals surface area contributed by atoms with Gasteiger partial charge >= 0.3 is 0 Å². The van der Waals surface area contributed by atoms with Crippen molar-refractivity contribution in [1.82, 2.24) is 10.2 Å². The van der Waals surface area contributed by atoms with Crippen molar-refractivity contribution in [3.63, 3.8) is 0 Å². The van der Waals surface area contributed by atoms with E-state index in [4.69, 9.17) is 11.6 Å². The van der Waals surface area contributed by atoms with Gasteiger partial charge < -0.3 is 10.4 Å². The fraction of sp³-hybridized carbons (Fsp3) is 0.500. The molecule has 102 valence electrons. The first-order valence-electron chi connectivity index (χ1n) is 5.73. The van der Waals surface area contributed by atoms with Crippen LogP contribution in [0.4, 0.5) is 4.39 Å². The maximum atomic E-state index is 13.8. The molecule has 2 rings (SSSR count). The first kappa shape index (κ1) is 15.7. The third-order valence-electron chi connectivity index (χ3n) is 3.10. The van der Waals surface area contributed by atoms with Gasteiger partial charge in [0.1, 0.15) is 5.82 Å². The van der Waals surface area contributed by atoms with Gasteiger partial charge in [0.05, 0.1) is 12.6 Å². The molecule has 1 atom stereocenters. The minimum atomic E-state index is -0.356. The molecule has 0 saturated carbocycles. The van der Waals surface area contributed by atoms with E-state index in [0.717, 1.165) is 26.2 Å². The van der Waals surface area contributed by atoms with Crippen molar-refractivity contribution < 1.29 is 9.50 Å². The molecule has 1 saturated heterocycles. The summed E-state index contributed by atoms with van der Waals surface area (Å²) in [5.74, 6) is -0.352. The highest BCUT2D eigenvalue weighted by atomic mass is 35.5. The Morgan fingerprint density at radius 2 is 2.06 bits per heavy atom. The number of aliphatic hydroxyl groups excluding tert-OH is 1. The van der Waals surface area contributed by atoms with Crippen molar-refractivity contribution in [2.45, 2.75) is 6.04 Å². The molecule has 2 N–H and O–H groups in total. The number of aliphatic hydroxyl groups is 1. The molecule has 0 unspecified atom stereocenters. The van der Waals surface area contributed by atoms with Gasteiger partial charge in [0.2, 0.25) is 0 Å². The van der Waals surface area contributed by atoms with Crippen LogP contribution in [0.1, 0.15) is 11.6 Å². The predicted molar refractivity (Wildman–Crippen MR) is 72.9 cm³/mol. The monoisotopic (exact) mass is 294 g/mol. The maximum Gasteiger partial charge on any atom is 0.129 e. The van der Waals surface area contributed by atoms with E-state index >= 15 is 0 Å². The van der Waals surface area contributed by atoms with E-state index in [1.54, 1.807) is 12.1 Å². The van der Waals surface area contributed by atoms with Gasteiger partial charge in [-0.3, -0.25) is 4.90 Å². The molecule has 0 amide bonds. The van der Waals surface area contributed by atoms with Crippen LogP contribution in [0.25, 0.3) is 0 Å². The molecule has 0 aliphatic carbocycles. The minimum Gasteiger partial charge on any atom is -0.394 e. The molecule has 18 heavy (non-hydrogen) atoms. The van der Waals surface area contributed by atoms with Crippen molar-refractivity contribution in [3.05, 3.63) is 34.6 Å². The van der Waals surface area contributed by atoms with Crippen LogP contribution < -0.4 is 5.32 Å². The summed E-state index contributed by atoms with van der Waals surface area (Å²) in [5, 5.41) is 13.1. The second-order valence-electron chi connectivity index (χ2n) is 4.12. The van der Waals surface area contributed by atoms with Crippen LogP contribution in [0.5, 0.6) is 0 Å². The van der Waals surface area contributed by atoms with Gasteiger partial charge in [0.25, 0.3) is 0 Å². The molecular weight excluding hydrogens is 278 g/mol. The predicted octanol–water partition coefficient (Wildman–Crippen LogP) is 1.84. The molecule has 1 aliphatic rings. The average molecular weight is 295 g/mol. The number of rotatable bonds is 3. The first-order valence-corrected chi connectivity index (χ1v) is 6.11. The molecule has 0 aromatic heterocycles. The molecule has 1 heterocycles. The molecule has 0 spiro atoms. The molecule has 0 radical (unpaired) electrons. The van der Waals surface area contributed by atoms with E-state index in [1.165, 1.54) is 6.07 Å². The van der Waals surface area contributed by atoms with E-state index in [0.29, 0.717) is 10.6 Å². The summed E-state index contributed by atoms with van der Waals surface area (Å²) >= 11 is 6.03. The van der Waals surface area contributed by atoms with E-state index in [9.17, 15) is 9.50 Å². The Morgan fingerprint density at radius 3 is 2.61 bits per heavy atom. The fourth-order valence-corrected chi connectivity index (χ4v) is 2.50. The fourth-order valence-electron chi connectivity index (χ4n) is 2.21. The second-order valence-corrected chi connectivity index (χ2v) is 4.53. The lowest BCUT2D eigenvalue weighted by atomic mass is 10.0. The third-order valence-corrected chi connectivity index (χ3v) is 3.43. The molecule has 3 nitrogen and oxygen atoms in total. The average Bonchev–Trinajstić information content (AvgIpc) is 2.35. The van der Waals surface area contributed by atoms with Crippen molar-refractivity contribution in [2.24, 2.45) is 0 Å². The second kappa shape index (κ2) is 7.26. The van der Waals surface area contributed by atoms with Gasteiger partial charge in [0.15, 0.2) is 0 Å². The molecular formula is C12H17Cl2FN2O. The highest BCUT2D eigenvalue weighted by Gasteiger charge is 2.25. The Morgan fingerprint density at radius 1 is 1.39 bits per heavy atom. The highest BCUT2D eigenvalue weighted by molar-refractivity contribution is 6.31. The largest absolute Gasteiger partial charge is 0.394 e. The van der Waals surface area contributed by atoms with Crippen LogP contribution in [0.15, 0.2) is 18.2 Å². The van der Waals surface area contributed by atoms with Gasteiger partial charge in [-0.2, -0.15) is 0 Å². The SMILES string of the molecule is Cl.OC[C@H](c1c(F)cccc1Cl)N1CCNCC1. The summed E-state index contributed by atoms with van der Waals surface area (Å²) in [4.78, 5) is 2.06. The standard InChI is InChI=1S/C12H16ClFN2O.ClH/c13-9-2-1-3-10(14)12(9)11(8-17)16-6-4-15-5-7-16;/h1-3,11,15,17H,4-8H2;1H/t11-;/m1./s1. The zero-order chi connectivity index (χ0) is 12.3. The topological polar surface area (TPSA) is 35.5 Å². The molecule has 1 aromatic rings. The van der Waals surface area contributed by atoms with Crippen LogP contribution >= 0.6 is 24.0 Å². The number of nitrogens with zero attached hydrogens (tertiary/aromatic N) is 1. The highest BCUT2D eigenvalue weighted by Crippen LogP contribution is 2.29. The van der Waals surface area contributed by atoms with E-state index in [-0.39, 0.29) is 30.9 Å². The van der Waals surface area contributed by atoms with Crippen molar-refractivity contribution >= 4 is 24.0 Å². The maximum absolute atomic E-state index is 13.8. The van der Waals surface area contributed by atoms with Gasteiger partial charge in [-0.1, -0.05) is 17.7 Å². The van der Waals surface area contributed by atoms with Gasteiger partial charge in [-0.05, 0) is 12.1 Å². The quantitative estimate of drug-likeness (QED) is 0.893. The Bertz CT molecular complexity index is 366. The van der Waals surface area contributed by atoms with Crippen LogP contribution in [0.3, 0.4) is 0 Å². The van der Waals surface area contributed by atoms with Gasteiger partial charge in [0, 0.05) is 36.8 Å². The number of piperazine rings is 1. The Hall–Kier alpha value is -0.390. The molecule has 1 aromatic carbocycles. The summed E-state index contributed by atoms with van der Waals surface area (Å²) < 4.78 is 13.8. The summed E-state index contributed by atoms with van der Waals surface area (Å²) in [6.07, 6.45) is 0. The number of halogens is 3. The lowest BCUT2D eigenvalue weighted by Crippen LogP contribution is -2.46. The summed E-state index contributed by atoms with van der Waals surface area (Å²) in [6, 6.07) is 4.26. The lowest BCUT2D eigenvalue weighted by Gasteiger charge is -2.34. The van der Waals surface area contributed by atoms with Crippen molar-refractivity contribution in [3.8, 4) is 0 Å². The number of nitrogens with one attached hydrogen (secondary N) is 1. The smallest absolute Gasteiger partial charge is 0.129 e. The van der Waals surface area contributed by atoms with Crippen molar-refractivity contribution in [2.75, 3.05) is 32.8 Å². The Kier molecular flexibility index (Phi) is 6.32. The lowest BCUT2D eigenvalue weighted by molar-refractivity contribution is 0.108. The normalized spacial score (nSPS) is 18.2. The van der Waals surface area contributed by atoms with Gasteiger partial charge in [-0.15, -0.1) is 12.4 Å². The molecule has 0 bridgehead atoms. The number of hydrogen-bond acceptors (Lipinski definition) is 3. The van der Waals surface area contributed by atoms with Crippen LogP contribution in [-0.2, 0) is 0 Å². The van der Waals surface area contributed by atoms with Crippen LogP contribution in [0, 0.1) is 5.82 Å². The first-order chi connectivity index (χ1) is 8.24. The van der Waals surface area contributed by atoms with E-state index in [2.05, 4.69) is 10.2 Å². The number of benzene rings is 1. The molecule has 1 fully saturated rings. The van der Waals surface area contributed by atoms with E-state index in [1.807, 2.05) is 0 Å². The summed E-state index contributed by atoms with van der Waals surface area (Å²) in [6.45, 7) is 3.15. The van der Waals surface area contributed by atoms with Crippen LogP contribution in [-0.4, -0.2) is 42.8 Å². The van der Waals surface area contributed by atoms with Crippen molar-refractivity contribution in [1.29, 1.82) is 0 Å². The van der Waals surface area contributed by atoms with Crippen LogP contribution in [0.2, 0.25) is 5.02 Å². The minimum absolute atomic E-state index is 0. The summed E-state index contributed by atoms with van der Waals surface area (Å²) in [7, 11) is 0. The summed E-state index contributed by atoms with van der Waals surface area (Å²) in [5.41, 5.74) is 0.401. The third kappa shape index (κ3) is 3.33. The zero-order valence-corrected chi connectivity index (χ0v) is 11.5. The zero-order valence-electron chi connectivity index (χ0n) is 9.90. The Labute approximate surface area is 117 Å². The molecule has 1 aliphatic heterocycles. The van der Waals surface area contributed by atoms with E-state index < -0.39 is 0 Å². The molecule has 6 heteroatoms. The van der Waals surface area contributed by atoms with Gasteiger partial charge in [-0.25, -0.2) is 4.39 Å². The number of hydrogen-bond donors (Lipinski definition) is 2. The Balaban J connectivity index is 0.00000162.